The first-order valence-electron chi connectivity index (χ1n) is 7.78. The number of rotatable bonds is 5. The highest BCUT2D eigenvalue weighted by Gasteiger charge is 2.21. The van der Waals surface area contributed by atoms with Crippen LogP contribution >= 0.6 is 0 Å². The minimum atomic E-state index is -1.41. The van der Waals surface area contributed by atoms with Gasteiger partial charge in [0.05, 0.1) is 12.4 Å². The molecule has 2 aliphatic rings. The summed E-state index contributed by atoms with van der Waals surface area (Å²) >= 11 is 0. The summed E-state index contributed by atoms with van der Waals surface area (Å²) in [7, 11) is -1.41. The van der Waals surface area contributed by atoms with Gasteiger partial charge in [0.25, 0.3) is 0 Å². The van der Waals surface area contributed by atoms with E-state index in [2.05, 4.69) is 5.32 Å². The molecule has 1 N–H and O–H groups in total. The van der Waals surface area contributed by atoms with Crippen LogP contribution < -0.4 is 10.1 Å². The van der Waals surface area contributed by atoms with Crippen molar-refractivity contribution in [2.45, 2.75) is 44.1 Å². The van der Waals surface area contributed by atoms with Crippen molar-refractivity contribution >= 4 is 16.7 Å². The smallest absolute Gasteiger partial charge is 0.232 e. The van der Waals surface area contributed by atoms with Gasteiger partial charge in [-0.05, 0) is 25.0 Å². The fourth-order valence-electron chi connectivity index (χ4n) is 3.07. The lowest BCUT2D eigenvalue weighted by Crippen LogP contribution is -2.35. The van der Waals surface area contributed by atoms with Gasteiger partial charge in [0.15, 0.2) is 6.79 Å². The summed E-state index contributed by atoms with van der Waals surface area (Å²) in [4.78, 5) is 11.9. The minimum Gasteiger partial charge on any atom is -0.467 e. The highest BCUT2D eigenvalue weighted by Crippen LogP contribution is 2.30. The number of fused-ring (bicyclic) bond motifs is 1. The summed E-state index contributed by atoms with van der Waals surface area (Å²) in [6.07, 6.45) is 4.24. The third-order valence-electron chi connectivity index (χ3n) is 4.08. The minimum absolute atomic E-state index is 0.0711. The van der Waals surface area contributed by atoms with Crippen LogP contribution in [0.15, 0.2) is 12.1 Å². The van der Waals surface area contributed by atoms with Crippen molar-refractivity contribution in [1.82, 2.24) is 5.32 Å². The number of carbonyl (C=O) groups is 1. The van der Waals surface area contributed by atoms with Crippen molar-refractivity contribution in [1.29, 1.82) is 0 Å². The number of hydrogen-bond acceptors (Lipinski definition) is 4. The number of carbonyl (C=O) groups excluding carboxylic acids is 1. The molecule has 0 saturated heterocycles. The second kappa shape index (κ2) is 7.40. The van der Waals surface area contributed by atoms with Crippen molar-refractivity contribution in [2.24, 2.45) is 0 Å². The molecule has 0 aromatic heterocycles. The molecule has 1 amide bonds. The lowest BCUT2D eigenvalue weighted by molar-refractivity contribution is -0.119. The number of halogens is 1. The van der Waals surface area contributed by atoms with Gasteiger partial charge in [0.1, 0.15) is 17.3 Å². The molecule has 23 heavy (non-hydrogen) atoms. The van der Waals surface area contributed by atoms with Crippen LogP contribution in [0.1, 0.15) is 36.8 Å². The highest BCUT2D eigenvalue weighted by atomic mass is 32.2. The average Bonchev–Trinajstić information content (AvgIpc) is 2.99. The Morgan fingerprint density at radius 3 is 2.91 bits per heavy atom. The molecule has 5 nitrogen and oxygen atoms in total. The molecule has 1 heterocycles. The number of ether oxygens (including phenoxy) is 2. The first-order valence-corrected chi connectivity index (χ1v) is 9.27. The van der Waals surface area contributed by atoms with E-state index in [9.17, 15) is 13.4 Å². The lowest BCUT2D eigenvalue weighted by atomic mass is 10.1. The molecule has 7 heteroatoms. The first-order chi connectivity index (χ1) is 11.1. The largest absolute Gasteiger partial charge is 0.467 e. The molecule has 1 aliphatic carbocycles. The van der Waals surface area contributed by atoms with Crippen molar-refractivity contribution in [3.05, 3.63) is 29.1 Å². The summed E-state index contributed by atoms with van der Waals surface area (Å²) in [6, 6.07) is 2.88. The fraction of sp³-hybridized carbons (Fsp3) is 0.562. The van der Waals surface area contributed by atoms with Gasteiger partial charge in [-0.2, -0.15) is 0 Å². The van der Waals surface area contributed by atoms with E-state index in [1.165, 1.54) is 12.1 Å². The SMILES string of the molecule is O=C(C[S@@](=O)Cc1cc(F)cc2c1OCOC2)NC1CCCC1. The summed E-state index contributed by atoms with van der Waals surface area (Å²) in [5, 5.41) is 2.91. The van der Waals surface area contributed by atoms with E-state index in [4.69, 9.17) is 9.47 Å². The monoisotopic (exact) mass is 341 g/mol. The maximum absolute atomic E-state index is 13.6. The van der Waals surface area contributed by atoms with Gasteiger partial charge in [-0.15, -0.1) is 0 Å². The number of nitrogens with one attached hydrogen (secondary N) is 1. The quantitative estimate of drug-likeness (QED) is 0.890. The molecule has 0 spiro atoms. The van der Waals surface area contributed by atoms with Crippen LogP contribution in [0.2, 0.25) is 0 Å². The van der Waals surface area contributed by atoms with Crippen LogP contribution in [0.25, 0.3) is 0 Å². The molecule has 1 atom stereocenters. The van der Waals surface area contributed by atoms with E-state index in [0.717, 1.165) is 25.7 Å². The molecule has 126 valence electrons. The molecule has 1 aliphatic heterocycles. The Bertz CT molecular complexity index is 616. The molecule has 1 fully saturated rings. The standard InChI is InChI=1S/C16H20FNO4S/c17-13-5-11-7-21-10-22-16(11)12(6-13)8-23(20)9-15(19)18-14-3-1-2-4-14/h5-6,14H,1-4,7-10H2,(H,18,19)/t23-/m0/s1. The summed E-state index contributed by atoms with van der Waals surface area (Å²) in [5.74, 6) is -0.0663. The van der Waals surface area contributed by atoms with Crippen molar-refractivity contribution in [3.8, 4) is 5.75 Å². The van der Waals surface area contributed by atoms with Gasteiger partial charge in [0, 0.05) is 28.0 Å². The van der Waals surface area contributed by atoms with Gasteiger partial charge in [-0.25, -0.2) is 4.39 Å². The number of hydrogen-bond donors (Lipinski definition) is 1. The normalized spacial score (nSPS) is 19.0. The second-order valence-electron chi connectivity index (χ2n) is 5.94. The van der Waals surface area contributed by atoms with Crippen molar-refractivity contribution in [2.75, 3.05) is 12.5 Å². The third kappa shape index (κ3) is 4.29. The Hall–Kier alpha value is -1.47. The zero-order chi connectivity index (χ0) is 16.2. The predicted molar refractivity (Wildman–Crippen MR) is 83.8 cm³/mol. The Labute approximate surface area is 137 Å². The van der Waals surface area contributed by atoms with Crippen LogP contribution in [0.5, 0.6) is 5.75 Å². The second-order valence-corrected chi connectivity index (χ2v) is 7.40. The Morgan fingerprint density at radius 1 is 1.35 bits per heavy atom. The molecular weight excluding hydrogens is 321 g/mol. The van der Waals surface area contributed by atoms with Crippen LogP contribution in [0, 0.1) is 5.82 Å². The van der Waals surface area contributed by atoms with Gasteiger partial charge in [-0.1, -0.05) is 12.8 Å². The number of amides is 1. The van der Waals surface area contributed by atoms with E-state index >= 15 is 0 Å². The van der Waals surface area contributed by atoms with Crippen LogP contribution in [-0.2, 0) is 32.7 Å². The van der Waals surface area contributed by atoms with Crippen LogP contribution in [-0.4, -0.2) is 28.7 Å². The van der Waals surface area contributed by atoms with E-state index in [1.54, 1.807) is 0 Å². The maximum atomic E-state index is 13.6. The summed E-state index contributed by atoms with van der Waals surface area (Å²) < 4.78 is 36.4. The van der Waals surface area contributed by atoms with Gasteiger partial charge in [0.2, 0.25) is 5.91 Å². The predicted octanol–water partition coefficient (Wildman–Crippen LogP) is 2.00. The topological polar surface area (TPSA) is 64.6 Å². The average molecular weight is 341 g/mol. The van der Waals surface area contributed by atoms with Crippen molar-refractivity contribution in [3.63, 3.8) is 0 Å². The van der Waals surface area contributed by atoms with Gasteiger partial charge >= 0.3 is 0 Å². The highest BCUT2D eigenvalue weighted by molar-refractivity contribution is 7.84. The molecule has 0 unspecified atom stereocenters. The van der Waals surface area contributed by atoms with E-state index in [-0.39, 0.29) is 36.9 Å². The summed E-state index contributed by atoms with van der Waals surface area (Å²) in [6.45, 7) is 0.370. The zero-order valence-corrected chi connectivity index (χ0v) is 13.6. The third-order valence-corrected chi connectivity index (χ3v) is 5.30. The molecule has 0 bridgehead atoms. The Balaban J connectivity index is 1.61. The van der Waals surface area contributed by atoms with E-state index in [1.807, 2.05) is 0 Å². The first kappa shape index (κ1) is 16.4. The summed E-state index contributed by atoms with van der Waals surface area (Å²) in [5.41, 5.74) is 1.13. The van der Waals surface area contributed by atoms with Crippen molar-refractivity contribution < 1.29 is 22.9 Å². The molecule has 3 rings (SSSR count). The zero-order valence-electron chi connectivity index (χ0n) is 12.8. The van der Waals surface area contributed by atoms with Crippen LogP contribution in [0.4, 0.5) is 4.39 Å². The van der Waals surface area contributed by atoms with E-state index < -0.39 is 16.6 Å². The number of benzene rings is 1. The molecule has 1 aromatic carbocycles. The van der Waals surface area contributed by atoms with E-state index in [0.29, 0.717) is 16.9 Å². The molecule has 0 radical (unpaired) electrons. The molecular formula is C16H20FNO4S. The van der Waals surface area contributed by atoms with Gasteiger partial charge in [-0.3, -0.25) is 9.00 Å². The Kier molecular flexibility index (Phi) is 5.27. The van der Waals surface area contributed by atoms with Gasteiger partial charge < -0.3 is 14.8 Å². The Morgan fingerprint density at radius 2 is 2.13 bits per heavy atom. The lowest BCUT2D eigenvalue weighted by Gasteiger charge is -2.20. The molecule has 1 aromatic rings. The fourth-order valence-corrected chi connectivity index (χ4v) is 4.11. The maximum Gasteiger partial charge on any atom is 0.232 e. The molecule has 1 saturated carbocycles. The van der Waals surface area contributed by atoms with Crippen LogP contribution in [0.3, 0.4) is 0 Å².